The minimum Gasteiger partial charge on any atom is -0.497 e. The molecule has 4 heteroatoms. The summed E-state index contributed by atoms with van der Waals surface area (Å²) >= 11 is 0. The van der Waals surface area contributed by atoms with Gasteiger partial charge in [0.2, 0.25) is 0 Å². The Bertz CT molecular complexity index is 698. The number of hydrogen-bond donors (Lipinski definition) is 1. The molecule has 0 amide bonds. The molecule has 1 aliphatic rings. The lowest BCUT2D eigenvalue weighted by Gasteiger charge is -2.21. The summed E-state index contributed by atoms with van der Waals surface area (Å²) in [4.78, 5) is 2.32. The van der Waals surface area contributed by atoms with Crippen LogP contribution in [0.25, 0.3) is 0 Å². The fourth-order valence-electron chi connectivity index (χ4n) is 3.30. The van der Waals surface area contributed by atoms with Crippen molar-refractivity contribution in [3.05, 3.63) is 42.0 Å². The van der Waals surface area contributed by atoms with E-state index in [9.17, 15) is 0 Å². The Morgan fingerprint density at radius 2 is 1.88 bits per heavy atom. The number of nitrogens with zero attached hydrogens (tertiary/aromatic N) is 1. The average Bonchev–Trinajstić information content (AvgIpc) is 3.04. The molecule has 4 nitrogen and oxygen atoms in total. The number of methoxy groups -OCH3 is 1. The first-order valence-corrected chi connectivity index (χ1v) is 9.19. The topological polar surface area (TPSA) is 47.7 Å². The van der Waals surface area contributed by atoms with E-state index in [4.69, 9.17) is 15.2 Å². The van der Waals surface area contributed by atoms with Gasteiger partial charge in [-0.05, 0) is 48.7 Å². The van der Waals surface area contributed by atoms with Gasteiger partial charge in [0, 0.05) is 24.0 Å². The number of benzene rings is 2. The zero-order valence-corrected chi connectivity index (χ0v) is 15.3. The van der Waals surface area contributed by atoms with Gasteiger partial charge in [-0.3, -0.25) is 0 Å². The van der Waals surface area contributed by atoms with Gasteiger partial charge in [-0.1, -0.05) is 26.2 Å². The van der Waals surface area contributed by atoms with Gasteiger partial charge in [0.1, 0.15) is 11.5 Å². The minimum absolute atomic E-state index is 0.728. The number of unbranched alkanes of at least 4 members (excludes halogenated alkanes) is 3. The molecule has 2 aromatic carbocycles. The highest BCUT2D eigenvalue weighted by molar-refractivity contribution is 5.75. The molecule has 0 atom stereocenters. The van der Waals surface area contributed by atoms with E-state index in [-0.39, 0.29) is 0 Å². The van der Waals surface area contributed by atoms with E-state index in [0.717, 1.165) is 43.2 Å². The van der Waals surface area contributed by atoms with Crippen molar-refractivity contribution < 1.29 is 9.47 Å². The monoisotopic (exact) mass is 340 g/mol. The van der Waals surface area contributed by atoms with Crippen LogP contribution in [0.3, 0.4) is 0 Å². The Labute approximate surface area is 150 Å². The van der Waals surface area contributed by atoms with Gasteiger partial charge in [0.05, 0.1) is 19.4 Å². The van der Waals surface area contributed by atoms with Gasteiger partial charge in [-0.25, -0.2) is 0 Å². The van der Waals surface area contributed by atoms with Gasteiger partial charge in [-0.15, -0.1) is 0 Å². The van der Waals surface area contributed by atoms with E-state index >= 15 is 0 Å². The molecule has 3 rings (SSSR count). The van der Waals surface area contributed by atoms with Gasteiger partial charge in [-0.2, -0.15) is 0 Å². The number of fused-ring (bicyclic) bond motifs is 1. The predicted octanol–water partition coefficient (Wildman–Crippen LogP) is 4.93. The summed E-state index contributed by atoms with van der Waals surface area (Å²) in [6.45, 7) is 3.90. The second kappa shape index (κ2) is 8.15. The quantitative estimate of drug-likeness (QED) is 0.547. The molecular weight excluding hydrogens is 312 g/mol. The molecule has 2 aromatic rings. The molecule has 25 heavy (non-hydrogen) atoms. The molecule has 1 heterocycles. The van der Waals surface area contributed by atoms with Crippen LogP contribution in [0.4, 0.5) is 17.1 Å². The molecule has 1 aliphatic heterocycles. The Morgan fingerprint density at radius 3 is 2.60 bits per heavy atom. The molecule has 0 unspecified atom stereocenters. The zero-order valence-electron chi connectivity index (χ0n) is 15.3. The Morgan fingerprint density at radius 1 is 1.08 bits per heavy atom. The second-order valence-electron chi connectivity index (χ2n) is 6.53. The summed E-state index contributed by atoms with van der Waals surface area (Å²) in [5.41, 5.74) is 10.6. The van der Waals surface area contributed by atoms with Crippen molar-refractivity contribution >= 4 is 17.1 Å². The maximum absolute atomic E-state index is 6.20. The smallest absolute Gasteiger partial charge is 0.144 e. The summed E-state index contributed by atoms with van der Waals surface area (Å²) in [5, 5.41) is 0. The Balaban J connectivity index is 1.74. The van der Waals surface area contributed by atoms with E-state index in [0.29, 0.717) is 0 Å². The van der Waals surface area contributed by atoms with Crippen LogP contribution in [-0.2, 0) is 6.42 Å². The van der Waals surface area contributed by atoms with Crippen LogP contribution in [0.15, 0.2) is 36.4 Å². The van der Waals surface area contributed by atoms with Crippen LogP contribution in [0.2, 0.25) is 0 Å². The van der Waals surface area contributed by atoms with E-state index in [1.165, 1.54) is 36.2 Å². The Kier molecular flexibility index (Phi) is 5.69. The number of anilines is 3. The average molecular weight is 340 g/mol. The lowest BCUT2D eigenvalue weighted by Crippen LogP contribution is -2.13. The molecule has 134 valence electrons. The molecular formula is C21H28N2O2. The van der Waals surface area contributed by atoms with Crippen molar-refractivity contribution in [2.24, 2.45) is 0 Å². The number of rotatable bonds is 8. The van der Waals surface area contributed by atoms with Gasteiger partial charge < -0.3 is 20.1 Å². The SMILES string of the molecule is CCCCCCOc1cc2c(cc1N)CCN2c1ccc(OC)cc1. The molecule has 0 radical (unpaired) electrons. The molecule has 0 aliphatic carbocycles. The fourth-order valence-corrected chi connectivity index (χ4v) is 3.30. The second-order valence-corrected chi connectivity index (χ2v) is 6.53. The first-order valence-electron chi connectivity index (χ1n) is 9.19. The summed E-state index contributed by atoms with van der Waals surface area (Å²) in [5.74, 6) is 1.67. The summed E-state index contributed by atoms with van der Waals surface area (Å²) < 4.78 is 11.2. The van der Waals surface area contributed by atoms with Crippen LogP contribution in [0.5, 0.6) is 11.5 Å². The third kappa shape index (κ3) is 4.01. The van der Waals surface area contributed by atoms with Crippen LogP contribution >= 0.6 is 0 Å². The number of nitrogens with two attached hydrogens (primary N) is 1. The molecule has 0 saturated heterocycles. The van der Waals surface area contributed by atoms with Crippen LogP contribution in [0.1, 0.15) is 38.2 Å². The van der Waals surface area contributed by atoms with E-state index in [1.807, 2.05) is 12.1 Å². The predicted molar refractivity (Wildman–Crippen MR) is 104 cm³/mol. The van der Waals surface area contributed by atoms with Crippen molar-refractivity contribution in [1.29, 1.82) is 0 Å². The van der Waals surface area contributed by atoms with Crippen LogP contribution < -0.4 is 20.1 Å². The maximum Gasteiger partial charge on any atom is 0.144 e. The fraction of sp³-hybridized carbons (Fsp3) is 0.429. The number of hydrogen-bond acceptors (Lipinski definition) is 4. The standard InChI is InChI=1S/C21H28N2O2/c1-3-4-5-6-13-25-21-15-20-16(14-19(21)22)11-12-23(20)17-7-9-18(24-2)10-8-17/h7-10,14-15H,3-6,11-13,22H2,1-2H3. The maximum atomic E-state index is 6.20. The van der Waals surface area contributed by atoms with E-state index in [2.05, 4.69) is 36.1 Å². The Hall–Kier alpha value is -2.36. The molecule has 0 bridgehead atoms. The van der Waals surface area contributed by atoms with Gasteiger partial charge in [0.15, 0.2) is 0 Å². The molecule has 0 saturated carbocycles. The lowest BCUT2D eigenvalue weighted by molar-refractivity contribution is 0.306. The third-order valence-corrected chi connectivity index (χ3v) is 4.75. The number of nitrogen functional groups attached to an aromatic ring is 1. The highest BCUT2D eigenvalue weighted by Crippen LogP contribution is 2.40. The highest BCUT2D eigenvalue weighted by Gasteiger charge is 2.22. The largest absolute Gasteiger partial charge is 0.497 e. The van der Waals surface area contributed by atoms with Crippen LogP contribution in [0, 0.1) is 0 Å². The zero-order chi connectivity index (χ0) is 17.6. The van der Waals surface area contributed by atoms with Gasteiger partial charge >= 0.3 is 0 Å². The third-order valence-electron chi connectivity index (χ3n) is 4.75. The summed E-state index contributed by atoms with van der Waals surface area (Å²) in [7, 11) is 1.69. The molecule has 0 aromatic heterocycles. The lowest BCUT2D eigenvalue weighted by atomic mass is 10.1. The molecule has 0 spiro atoms. The van der Waals surface area contributed by atoms with Crippen molar-refractivity contribution in [1.82, 2.24) is 0 Å². The summed E-state index contributed by atoms with van der Waals surface area (Å²) in [6.07, 6.45) is 5.78. The van der Waals surface area contributed by atoms with Crippen molar-refractivity contribution in [3.63, 3.8) is 0 Å². The first-order chi connectivity index (χ1) is 12.2. The first kappa shape index (κ1) is 17.5. The van der Waals surface area contributed by atoms with E-state index in [1.54, 1.807) is 7.11 Å². The van der Waals surface area contributed by atoms with Crippen molar-refractivity contribution in [2.75, 3.05) is 30.9 Å². The van der Waals surface area contributed by atoms with E-state index < -0.39 is 0 Å². The molecule has 0 fully saturated rings. The van der Waals surface area contributed by atoms with Crippen molar-refractivity contribution in [3.8, 4) is 11.5 Å². The summed E-state index contributed by atoms with van der Waals surface area (Å²) in [6, 6.07) is 12.3. The molecule has 2 N–H and O–H groups in total. The highest BCUT2D eigenvalue weighted by atomic mass is 16.5. The normalized spacial score (nSPS) is 13.0. The minimum atomic E-state index is 0.728. The van der Waals surface area contributed by atoms with Gasteiger partial charge in [0.25, 0.3) is 0 Å². The van der Waals surface area contributed by atoms with Crippen molar-refractivity contribution in [2.45, 2.75) is 39.0 Å². The number of ether oxygens (including phenoxy) is 2. The van der Waals surface area contributed by atoms with Crippen LogP contribution in [-0.4, -0.2) is 20.3 Å².